The van der Waals surface area contributed by atoms with Gasteiger partial charge in [-0.15, -0.1) is 0 Å². The van der Waals surface area contributed by atoms with Gasteiger partial charge in [0.15, 0.2) is 5.11 Å². The summed E-state index contributed by atoms with van der Waals surface area (Å²) in [6, 6.07) is 17.7. The highest BCUT2D eigenvalue weighted by Crippen LogP contribution is 2.39. The van der Waals surface area contributed by atoms with Crippen LogP contribution in [0.2, 0.25) is 0 Å². The average molecular weight is 558 g/mol. The van der Waals surface area contributed by atoms with E-state index in [0.29, 0.717) is 29.1 Å². The first-order valence-electron chi connectivity index (χ1n) is 14.2. The highest BCUT2D eigenvalue weighted by atomic mass is 32.1. The zero-order chi connectivity index (χ0) is 28.4. The number of nitrogens with zero attached hydrogens (tertiary/aromatic N) is 2. The maximum absolute atomic E-state index is 13.0. The van der Waals surface area contributed by atoms with Gasteiger partial charge in [0.2, 0.25) is 0 Å². The fourth-order valence-electron chi connectivity index (χ4n) is 6.05. The summed E-state index contributed by atoms with van der Waals surface area (Å²) in [6.45, 7) is 11.4. The van der Waals surface area contributed by atoms with E-state index in [4.69, 9.17) is 12.2 Å². The van der Waals surface area contributed by atoms with Crippen molar-refractivity contribution in [3.8, 4) is 0 Å². The molecule has 2 aliphatic heterocycles. The van der Waals surface area contributed by atoms with E-state index < -0.39 is 0 Å². The van der Waals surface area contributed by atoms with Crippen molar-refractivity contribution in [2.75, 3.05) is 35.2 Å². The molecule has 2 atom stereocenters. The summed E-state index contributed by atoms with van der Waals surface area (Å²) in [7, 11) is 0. The van der Waals surface area contributed by atoms with Crippen molar-refractivity contribution < 1.29 is 4.79 Å². The molecule has 3 heterocycles. The van der Waals surface area contributed by atoms with Crippen LogP contribution in [0.3, 0.4) is 0 Å². The number of piperidine rings is 1. The second-order valence-corrected chi connectivity index (χ2v) is 12.1. The number of aryl methyl sites for hydroxylation is 2. The SMILES string of the molecule is Cc1cc(C)cc(NC(=S)Nc2cc(C(=O)NCCC(C)C)ccc2N2CC3CC(C2)c2cccc(=O)n2C3)c1. The first-order chi connectivity index (χ1) is 19.2. The van der Waals surface area contributed by atoms with Crippen LogP contribution in [0.5, 0.6) is 0 Å². The van der Waals surface area contributed by atoms with Gasteiger partial charge < -0.3 is 25.4 Å². The Bertz CT molecular complexity index is 1460. The zero-order valence-electron chi connectivity index (χ0n) is 23.8. The molecule has 1 fully saturated rings. The lowest BCUT2D eigenvalue weighted by molar-refractivity contribution is 0.0952. The number of thiocarbonyl (C=S) groups is 1. The molecule has 1 aromatic heterocycles. The van der Waals surface area contributed by atoms with Crippen LogP contribution in [0.15, 0.2) is 59.4 Å². The van der Waals surface area contributed by atoms with Gasteiger partial charge in [0, 0.05) is 55.1 Å². The molecular weight excluding hydrogens is 518 g/mol. The van der Waals surface area contributed by atoms with E-state index in [9.17, 15) is 9.59 Å². The molecule has 7 nitrogen and oxygen atoms in total. The summed E-state index contributed by atoms with van der Waals surface area (Å²) in [6.07, 6.45) is 2.01. The summed E-state index contributed by atoms with van der Waals surface area (Å²) in [5, 5.41) is 10.2. The maximum atomic E-state index is 13.0. The maximum Gasteiger partial charge on any atom is 0.251 e. The molecular formula is C32H39N5O2S. The molecule has 0 radical (unpaired) electrons. The van der Waals surface area contributed by atoms with Gasteiger partial charge >= 0.3 is 0 Å². The Morgan fingerprint density at radius 1 is 1.00 bits per heavy atom. The van der Waals surface area contributed by atoms with Gasteiger partial charge in [-0.2, -0.15) is 0 Å². The number of carbonyl (C=O) groups is 1. The number of fused-ring (bicyclic) bond motifs is 4. The molecule has 2 bridgehead atoms. The summed E-state index contributed by atoms with van der Waals surface area (Å²) in [4.78, 5) is 27.9. The number of aromatic nitrogens is 1. The Morgan fingerprint density at radius 3 is 2.52 bits per heavy atom. The number of amides is 1. The number of anilines is 3. The summed E-state index contributed by atoms with van der Waals surface area (Å²) in [5.41, 5.74) is 6.82. The number of hydrogen-bond donors (Lipinski definition) is 3. The monoisotopic (exact) mass is 557 g/mol. The molecule has 1 amide bonds. The van der Waals surface area contributed by atoms with Crippen molar-refractivity contribution in [1.82, 2.24) is 9.88 Å². The van der Waals surface area contributed by atoms with E-state index in [-0.39, 0.29) is 17.4 Å². The molecule has 2 aromatic carbocycles. The Labute approximate surface area is 242 Å². The Hall–Kier alpha value is -3.65. The highest BCUT2D eigenvalue weighted by molar-refractivity contribution is 7.80. The van der Waals surface area contributed by atoms with Crippen molar-refractivity contribution in [1.29, 1.82) is 0 Å². The predicted molar refractivity (Wildman–Crippen MR) is 168 cm³/mol. The lowest BCUT2D eigenvalue weighted by atomic mass is 9.83. The second-order valence-electron chi connectivity index (χ2n) is 11.7. The average Bonchev–Trinajstić information content (AvgIpc) is 2.88. The van der Waals surface area contributed by atoms with Crippen molar-refractivity contribution in [2.45, 2.75) is 53.0 Å². The van der Waals surface area contributed by atoms with Gasteiger partial charge in [-0.3, -0.25) is 9.59 Å². The number of hydrogen-bond acceptors (Lipinski definition) is 4. The zero-order valence-corrected chi connectivity index (χ0v) is 24.6. The molecule has 0 aliphatic carbocycles. The third-order valence-electron chi connectivity index (χ3n) is 7.81. The van der Waals surface area contributed by atoms with Crippen LogP contribution in [0.4, 0.5) is 17.1 Å². The highest BCUT2D eigenvalue weighted by Gasteiger charge is 2.35. The standard InChI is InChI=1S/C32H39N5O2S/c1-20(2)10-11-33-31(39)24-8-9-29(27(16-24)35-32(40)34-26-13-21(3)12-22(4)14-26)36-17-23-15-25(19-36)28-6-5-7-30(38)37(28)18-23/h5-9,12-14,16,20,23,25H,10-11,15,17-19H2,1-4H3,(H,33,39)(H2,34,35,40). The summed E-state index contributed by atoms with van der Waals surface area (Å²) < 4.78 is 1.95. The number of nitrogens with one attached hydrogen (secondary N) is 3. The molecule has 210 valence electrons. The quantitative estimate of drug-likeness (QED) is 0.325. The molecule has 5 rings (SSSR count). The van der Waals surface area contributed by atoms with E-state index in [2.05, 4.69) is 72.8 Å². The first-order valence-corrected chi connectivity index (χ1v) is 14.6. The van der Waals surface area contributed by atoms with Gasteiger partial charge in [-0.25, -0.2) is 0 Å². The minimum absolute atomic E-state index is 0.0821. The normalized spacial score (nSPS) is 17.8. The van der Waals surface area contributed by atoms with Crippen molar-refractivity contribution in [3.63, 3.8) is 0 Å². The number of pyridine rings is 1. The molecule has 2 aliphatic rings. The largest absolute Gasteiger partial charge is 0.369 e. The Balaban J connectivity index is 1.42. The lowest BCUT2D eigenvalue weighted by Gasteiger charge is -2.44. The molecule has 3 N–H and O–H groups in total. The molecule has 0 spiro atoms. The van der Waals surface area contributed by atoms with Gasteiger partial charge in [-0.05, 0) is 98.3 Å². The van der Waals surface area contributed by atoms with Crippen LogP contribution in [-0.2, 0) is 6.54 Å². The van der Waals surface area contributed by atoms with E-state index in [1.807, 2.05) is 28.8 Å². The molecule has 1 saturated heterocycles. The molecule has 0 saturated carbocycles. The van der Waals surface area contributed by atoms with Gasteiger partial charge in [0.05, 0.1) is 11.4 Å². The van der Waals surface area contributed by atoms with Crippen LogP contribution in [-0.4, -0.2) is 35.2 Å². The minimum atomic E-state index is -0.0905. The third kappa shape index (κ3) is 6.39. The molecule has 3 aromatic rings. The second kappa shape index (κ2) is 11.8. The first kappa shape index (κ1) is 27.9. The number of carbonyl (C=O) groups excluding carboxylic acids is 1. The predicted octanol–water partition coefficient (Wildman–Crippen LogP) is 5.67. The van der Waals surface area contributed by atoms with Crippen LogP contribution in [0, 0.1) is 25.7 Å². The van der Waals surface area contributed by atoms with E-state index in [0.717, 1.165) is 66.4 Å². The third-order valence-corrected chi connectivity index (χ3v) is 8.02. The van der Waals surface area contributed by atoms with Crippen molar-refractivity contribution in [2.24, 2.45) is 11.8 Å². The van der Waals surface area contributed by atoms with E-state index >= 15 is 0 Å². The lowest BCUT2D eigenvalue weighted by Crippen LogP contribution is -2.47. The van der Waals surface area contributed by atoms with E-state index in [1.54, 1.807) is 6.07 Å². The van der Waals surface area contributed by atoms with Crippen LogP contribution >= 0.6 is 12.2 Å². The summed E-state index contributed by atoms with van der Waals surface area (Å²) in [5.74, 6) is 1.08. The Morgan fingerprint density at radius 2 is 1.77 bits per heavy atom. The molecule has 40 heavy (non-hydrogen) atoms. The smallest absolute Gasteiger partial charge is 0.251 e. The molecule has 2 unspecified atom stereocenters. The van der Waals surface area contributed by atoms with Gasteiger partial charge in [0.1, 0.15) is 0 Å². The fourth-order valence-corrected chi connectivity index (χ4v) is 6.28. The molecule has 8 heteroatoms. The van der Waals surface area contributed by atoms with Crippen LogP contribution in [0.25, 0.3) is 0 Å². The van der Waals surface area contributed by atoms with Crippen molar-refractivity contribution >= 4 is 40.3 Å². The van der Waals surface area contributed by atoms with Gasteiger partial charge in [0.25, 0.3) is 11.5 Å². The number of rotatable bonds is 7. The summed E-state index contributed by atoms with van der Waals surface area (Å²) >= 11 is 5.74. The fraction of sp³-hybridized carbons (Fsp3) is 0.406. The van der Waals surface area contributed by atoms with E-state index in [1.165, 1.54) is 0 Å². The van der Waals surface area contributed by atoms with Crippen LogP contribution in [0.1, 0.15) is 59.8 Å². The van der Waals surface area contributed by atoms with Gasteiger partial charge in [-0.1, -0.05) is 26.0 Å². The number of benzene rings is 2. The Kier molecular flexibility index (Phi) is 8.26. The topological polar surface area (TPSA) is 78.4 Å². The van der Waals surface area contributed by atoms with Crippen LogP contribution < -0.4 is 26.4 Å². The minimum Gasteiger partial charge on any atom is -0.369 e. The van der Waals surface area contributed by atoms with Crippen molar-refractivity contribution in [3.05, 3.63) is 87.3 Å².